The van der Waals surface area contributed by atoms with Gasteiger partial charge in [0, 0.05) is 5.75 Å². The SMILES string of the molecule is C=CCSNc1ccccc1C(=O)O. The smallest absolute Gasteiger partial charge is 0.337 e. The lowest BCUT2D eigenvalue weighted by Crippen LogP contribution is -2.01. The van der Waals surface area contributed by atoms with Gasteiger partial charge in [-0.15, -0.1) is 6.58 Å². The summed E-state index contributed by atoms with van der Waals surface area (Å²) in [6, 6.07) is 6.80. The molecule has 0 saturated carbocycles. The Labute approximate surface area is 87.0 Å². The number of carbonyl (C=O) groups is 1. The number of hydrogen-bond donors (Lipinski definition) is 2. The van der Waals surface area contributed by atoms with Gasteiger partial charge in [0.15, 0.2) is 0 Å². The largest absolute Gasteiger partial charge is 0.478 e. The normalized spacial score (nSPS) is 9.43. The van der Waals surface area contributed by atoms with Gasteiger partial charge in [0.1, 0.15) is 0 Å². The molecule has 1 aromatic rings. The summed E-state index contributed by atoms with van der Waals surface area (Å²) in [4.78, 5) is 10.8. The van der Waals surface area contributed by atoms with E-state index in [9.17, 15) is 4.79 Å². The topological polar surface area (TPSA) is 49.3 Å². The molecule has 0 radical (unpaired) electrons. The third kappa shape index (κ3) is 2.81. The molecule has 0 aliphatic heterocycles. The molecular weight excluding hydrogens is 198 g/mol. The number of para-hydroxylation sites is 1. The van der Waals surface area contributed by atoms with Crippen molar-refractivity contribution in [1.82, 2.24) is 0 Å². The number of rotatable bonds is 5. The molecule has 0 amide bonds. The number of anilines is 1. The van der Waals surface area contributed by atoms with Crippen molar-refractivity contribution in [2.45, 2.75) is 0 Å². The molecule has 3 nitrogen and oxygen atoms in total. The first-order chi connectivity index (χ1) is 6.75. The van der Waals surface area contributed by atoms with E-state index in [1.54, 1.807) is 30.3 Å². The lowest BCUT2D eigenvalue weighted by Gasteiger charge is -2.06. The lowest BCUT2D eigenvalue weighted by atomic mass is 10.2. The van der Waals surface area contributed by atoms with Gasteiger partial charge in [-0.3, -0.25) is 0 Å². The Bertz CT molecular complexity index is 339. The summed E-state index contributed by atoms with van der Waals surface area (Å²) in [5, 5.41) is 8.85. The molecule has 2 N–H and O–H groups in total. The van der Waals surface area contributed by atoms with Crippen molar-refractivity contribution in [1.29, 1.82) is 0 Å². The highest BCUT2D eigenvalue weighted by Crippen LogP contribution is 2.18. The Balaban J connectivity index is 2.74. The van der Waals surface area contributed by atoms with E-state index >= 15 is 0 Å². The maximum absolute atomic E-state index is 10.8. The van der Waals surface area contributed by atoms with Gasteiger partial charge in [-0.2, -0.15) is 0 Å². The van der Waals surface area contributed by atoms with Crippen LogP contribution in [0, 0.1) is 0 Å². The maximum atomic E-state index is 10.8. The second-order valence-electron chi connectivity index (χ2n) is 2.55. The minimum atomic E-state index is -0.924. The van der Waals surface area contributed by atoms with Crippen molar-refractivity contribution in [3.05, 3.63) is 42.5 Å². The number of aromatic carboxylic acids is 1. The molecule has 14 heavy (non-hydrogen) atoms. The zero-order valence-electron chi connectivity index (χ0n) is 7.56. The van der Waals surface area contributed by atoms with Gasteiger partial charge in [-0.1, -0.05) is 18.2 Å². The Morgan fingerprint density at radius 1 is 1.57 bits per heavy atom. The van der Waals surface area contributed by atoms with Crippen LogP contribution in [-0.4, -0.2) is 16.8 Å². The molecule has 0 saturated heterocycles. The standard InChI is InChI=1S/C10H11NO2S/c1-2-7-14-11-9-6-4-3-5-8(9)10(12)13/h2-6,11H,1,7H2,(H,12,13). The Kier molecular flexibility index (Phi) is 4.07. The Morgan fingerprint density at radius 2 is 2.29 bits per heavy atom. The predicted molar refractivity (Wildman–Crippen MR) is 59.7 cm³/mol. The first-order valence-corrected chi connectivity index (χ1v) is 5.05. The number of benzene rings is 1. The van der Waals surface area contributed by atoms with Gasteiger partial charge in [-0.25, -0.2) is 4.79 Å². The number of hydrogen-bond acceptors (Lipinski definition) is 3. The fourth-order valence-electron chi connectivity index (χ4n) is 0.937. The molecule has 74 valence electrons. The summed E-state index contributed by atoms with van der Waals surface area (Å²) in [6.45, 7) is 3.57. The molecule has 0 fully saturated rings. The molecule has 1 aromatic carbocycles. The highest BCUT2D eigenvalue weighted by molar-refractivity contribution is 8.00. The van der Waals surface area contributed by atoms with Crippen LogP contribution in [0.25, 0.3) is 0 Å². The molecule has 0 aromatic heterocycles. The van der Waals surface area contributed by atoms with Crippen LogP contribution in [0.3, 0.4) is 0 Å². The third-order valence-electron chi connectivity index (χ3n) is 1.54. The van der Waals surface area contributed by atoms with E-state index in [4.69, 9.17) is 5.11 Å². The van der Waals surface area contributed by atoms with E-state index in [0.29, 0.717) is 5.69 Å². The number of nitrogens with one attached hydrogen (secondary N) is 1. The Morgan fingerprint density at radius 3 is 2.93 bits per heavy atom. The van der Waals surface area contributed by atoms with E-state index in [1.165, 1.54) is 11.9 Å². The minimum Gasteiger partial charge on any atom is -0.478 e. The van der Waals surface area contributed by atoms with Crippen LogP contribution in [0.5, 0.6) is 0 Å². The average molecular weight is 209 g/mol. The second-order valence-corrected chi connectivity index (χ2v) is 3.38. The van der Waals surface area contributed by atoms with Crippen molar-refractivity contribution in [3.63, 3.8) is 0 Å². The Hall–Kier alpha value is -1.42. The fourth-order valence-corrected chi connectivity index (χ4v) is 1.47. The molecule has 0 spiro atoms. The molecule has 0 aliphatic carbocycles. The summed E-state index contributed by atoms with van der Waals surface area (Å²) in [7, 11) is 0. The van der Waals surface area contributed by atoms with Crippen LogP contribution in [0.15, 0.2) is 36.9 Å². The summed E-state index contributed by atoms with van der Waals surface area (Å²) in [5.41, 5.74) is 0.899. The summed E-state index contributed by atoms with van der Waals surface area (Å²) in [5.74, 6) is -0.194. The molecule has 4 heteroatoms. The zero-order chi connectivity index (χ0) is 10.4. The van der Waals surface area contributed by atoms with Crippen LogP contribution in [0.4, 0.5) is 5.69 Å². The molecule has 0 heterocycles. The minimum absolute atomic E-state index is 0.282. The predicted octanol–water partition coefficient (Wildman–Crippen LogP) is 2.63. The van der Waals surface area contributed by atoms with Gasteiger partial charge in [0.05, 0.1) is 11.3 Å². The zero-order valence-corrected chi connectivity index (χ0v) is 8.38. The quantitative estimate of drug-likeness (QED) is 0.444. The van der Waals surface area contributed by atoms with Crippen molar-refractivity contribution < 1.29 is 9.90 Å². The molecule has 0 atom stereocenters. The molecule has 1 rings (SSSR count). The van der Waals surface area contributed by atoms with Crippen LogP contribution in [-0.2, 0) is 0 Å². The molecule has 0 aliphatic rings. The average Bonchev–Trinajstić information content (AvgIpc) is 2.19. The maximum Gasteiger partial charge on any atom is 0.337 e. The van der Waals surface area contributed by atoms with Crippen molar-refractivity contribution >= 4 is 23.6 Å². The number of carboxylic acids is 1. The van der Waals surface area contributed by atoms with Gasteiger partial charge in [-0.05, 0) is 24.1 Å². The lowest BCUT2D eigenvalue weighted by molar-refractivity contribution is 0.0698. The third-order valence-corrected chi connectivity index (χ3v) is 2.31. The van der Waals surface area contributed by atoms with Crippen LogP contribution < -0.4 is 4.72 Å². The monoisotopic (exact) mass is 209 g/mol. The summed E-state index contributed by atoms with van der Waals surface area (Å²) < 4.78 is 2.96. The molecule has 0 unspecified atom stereocenters. The van der Waals surface area contributed by atoms with Crippen LogP contribution in [0.1, 0.15) is 10.4 Å². The van der Waals surface area contributed by atoms with Gasteiger partial charge in [0.2, 0.25) is 0 Å². The van der Waals surface area contributed by atoms with Gasteiger partial charge >= 0.3 is 5.97 Å². The summed E-state index contributed by atoms with van der Waals surface area (Å²) >= 11 is 1.41. The van der Waals surface area contributed by atoms with E-state index < -0.39 is 5.97 Å². The first kappa shape index (κ1) is 10.7. The van der Waals surface area contributed by atoms with E-state index in [1.807, 2.05) is 0 Å². The molecule has 0 bridgehead atoms. The fraction of sp³-hybridized carbons (Fsp3) is 0.100. The second kappa shape index (κ2) is 5.34. The van der Waals surface area contributed by atoms with E-state index in [0.717, 1.165) is 5.75 Å². The van der Waals surface area contributed by atoms with E-state index in [-0.39, 0.29) is 5.56 Å². The highest BCUT2D eigenvalue weighted by Gasteiger charge is 2.07. The van der Waals surface area contributed by atoms with Gasteiger partial charge < -0.3 is 9.83 Å². The highest BCUT2D eigenvalue weighted by atomic mass is 32.2. The number of carboxylic acid groups (broad SMARTS) is 1. The van der Waals surface area contributed by atoms with Crippen molar-refractivity contribution in [2.24, 2.45) is 0 Å². The van der Waals surface area contributed by atoms with E-state index in [2.05, 4.69) is 11.3 Å². The molecular formula is C10H11NO2S. The first-order valence-electron chi connectivity index (χ1n) is 4.06. The summed E-state index contributed by atoms with van der Waals surface area (Å²) in [6.07, 6.45) is 1.75. The van der Waals surface area contributed by atoms with Gasteiger partial charge in [0.25, 0.3) is 0 Å². The van der Waals surface area contributed by atoms with Crippen molar-refractivity contribution in [3.8, 4) is 0 Å². The van der Waals surface area contributed by atoms with Crippen LogP contribution in [0.2, 0.25) is 0 Å². The van der Waals surface area contributed by atoms with Crippen molar-refractivity contribution in [2.75, 3.05) is 10.5 Å². The van der Waals surface area contributed by atoms with Crippen LogP contribution >= 0.6 is 11.9 Å².